The topological polar surface area (TPSA) is 55.6 Å². The number of thiocarbonyl (C=S) groups is 1. The molecule has 4 nitrogen and oxygen atoms in total. The van der Waals surface area contributed by atoms with Crippen LogP contribution in [-0.4, -0.2) is 36.0 Å². The van der Waals surface area contributed by atoms with Gasteiger partial charge >= 0.3 is 6.61 Å². The monoisotopic (exact) mass is 288 g/mol. The maximum Gasteiger partial charge on any atom is 0.387 e. The molecule has 19 heavy (non-hydrogen) atoms. The van der Waals surface area contributed by atoms with Crippen molar-refractivity contribution >= 4 is 23.1 Å². The van der Waals surface area contributed by atoms with Crippen LogP contribution in [0.3, 0.4) is 0 Å². The van der Waals surface area contributed by atoms with Crippen LogP contribution in [0, 0.1) is 0 Å². The predicted molar refractivity (Wildman–Crippen MR) is 71.4 cm³/mol. The SMILES string of the molecule is CN(CCC(N)=S)C(=O)c1ccc(OC(F)F)cc1. The Morgan fingerprint density at radius 3 is 2.47 bits per heavy atom. The molecule has 7 heteroatoms. The molecule has 0 atom stereocenters. The van der Waals surface area contributed by atoms with Crippen LogP contribution in [-0.2, 0) is 0 Å². The number of carbonyl (C=O) groups is 1. The molecular weight excluding hydrogens is 274 g/mol. The van der Waals surface area contributed by atoms with Crippen molar-refractivity contribution in [3.8, 4) is 5.75 Å². The Hall–Kier alpha value is -1.76. The molecular formula is C12H14F2N2O2S. The van der Waals surface area contributed by atoms with Crippen LogP contribution in [0.4, 0.5) is 8.78 Å². The molecule has 1 amide bonds. The molecule has 0 fully saturated rings. The third-order valence-corrected chi connectivity index (χ3v) is 2.57. The highest BCUT2D eigenvalue weighted by Crippen LogP contribution is 2.15. The maximum absolute atomic E-state index is 12.0. The standard InChI is InChI=1S/C12H14F2N2O2S/c1-16(7-6-10(15)19)11(17)8-2-4-9(5-3-8)18-12(13)14/h2-5,12H,6-7H2,1H3,(H2,15,19). The molecule has 2 N–H and O–H groups in total. The van der Waals surface area contributed by atoms with Gasteiger partial charge in [-0.3, -0.25) is 4.79 Å². The van der Waals surface area contributed by atoms with E-state index in [9.17, 15) is 13.6 Å². The predicted octanol–water partition coefficient (Wildman–Crippen LogP) is 2.04. The first-order valence-electron chi connectivity index (χ1n) is 5.49. The smallest absolute Gasteiger partial charge is 0.387 e. The van der Waals surface area contributed by atoms with Crippen molar-refractivity contribution in [3.05, 3.63) is 29.8 Å². The lowest BCUT2D eigenvalue weighted by molar-refractivity contribution is -0.0498. The Morgan fingerprint density at radius 1 is 1.42 bits per heavy atom. The molecule has 0 radical (unpaired) electrons. The highest BCUT2D eigenvalue weighted by atomic mass is 32.1. The van der Waals surface area contributed by atoms with Crippen LogP contribution in [0.25, 0.3) is 0 Å². The second-order valence-corrected chi connectivity index (χ2v) is 4.37. The first-order chi connectivity index (χ1) is 8.90. The van der Waals surface area contributed by atoms with Crippen molar-refractivity contribution in [2.24, 2.45) is 5.73 Å². The number of amides is 1. The van der Waals surface area contributed by atoms with E-state index in [1.54, 1.807) is 7.05 Å². The van der Waals surface area contributed by atoms with Crippen LogP contribution in [0.15, 0.2) is 24.3 Å². The van der Waals surface area contributed by atoms with Crippen molar-refractivity contribution in [3.63, 3.8) is 0 Å². The first kappa shape index (κ1) is 15.3. The molecule has 0 bridgehead atoms. The van der Waals surface area contributed by atoms with E-state index in [4.69, 9.17) is 18.0 Å². The molecule has 0 aliphatic carbocycles. The fraction of sp³-hybridized carbons (Fsp3) is 0.333. The van der Waals surface area contributed by atoms with Crippen LogP contribution in [0.5, 0.6) is 5.75 Å². The summed E-state index contributed by atoms with van der Waals surface area (Å²) < 4.78 is 28.1. The number of nitrogens with two attached hydrogens (primary N) is 1. The molecule has 0 spiro atoms. The fourth-order valence-corrected chi connectivity index (χ4v) is 1.47. The van der Waals surface area contributed by atoms with Crippen LogP contribution >= 0.6 is 12.2 Å². The van der Waals surface area contributed by atoms with Crippen LogP contribution in [0.1, 0.15) is 16.8 Å². The molecule has 0 saturated heterocycles. The van der Waals surface area contributed by atoms with E-state index in [-0.39, 0.29) is 11.7 Å². The summed E-state index contributed by atoms with van der Waals surface area (Å²) >= 11 is 4.73. The third kappa shape index (κ3) is 5.17. The molecule has 0 aliphatic rings. The number of hydrogen-bond donors (Lipinski definition) is 1. The number of ether oxygens (including phenoxy) is 1. The Morgan fingerprint density at radius 2 is 2.00 bits per heavy atom. The summed E-state index contributed by atoms with van der Waals surface area (Å²) in [5.41, 5.74) is 5.73. The van der Waals surface area contributed by atoms with Gasteiger partial charge in [0.25, 0.3) is 5.91 Å². The molecule has 0 aromatic heterocycles. The van der Waals surface area contributed by atoms with E-state index in [0.717, 1.165) is 0 Å². The highest BCUT2D eigenvalue weighted by Gasteiger charge is 2.12. The third-order valence-electron chi connectivity index (χ3n) is 2.37. The van der Waals surface area contributed by atoms with Gasteiger partial charge in [0.2, 0.25) is 0 Å². The number of hydrogen-bond acceptors (Lipinski definition) is 3. The van der Waals surface area contributed by atoms with Gasteiger partial charge < -0.3 is 15.4 Å². The molecule has 1 aromatic rings. The Kier molecular flexibility index (Phi) is 5.62. The zero-order valence-electron chi connectivity index (χ0n) is 10.3. The Balaban J connectivity index is 2.64. The van der Waals surface area contributed by atoms with E-state index < -0.39 is 6.61 Å². The molecule has 0 unspecified atom stereocenters. The zero-order chi connectivity index (χ0) is 14.4. The lowest BCUT2D eigenvalue weighted by atomic mass is 10.2. The lowest BCUT2D eigenvalue weighted by Gasteiger charge is -2.16. The lowest BCUT2D eigenvalue weighted by Crippen LogP contribution is -2.30. The van der Waals surface area contributed by atoms with Gasteiger partial charge in [0.1, 0.15) is 5.75 Å². The van der Waals surface area contributed by atoms with Gasteiger partial charge in [0.05, 0.1) is 4.99 Å². The summed E-state index contributed by atoms with van der Waals surface area (Å²) in [6.45, 7) is -2.47. The second-order valence-electron chi connectivity index (χ2n) is 3.85. The van der Waals surface area contributed by atoms with E-state index in [1.807, 2.05) is 0 Å². The average molecular weight is 288 g/mol. The average Bonchev–Trinajstić information content (AvgIpc) is 2.35. The largest absolute Gasteiger partial charge is 0.435 e. The summed E-state index contributed by atoms with van der Waals surface area (Å²) in [6.07, 6.45) is 0.435. The fourth-order valence-electron chi connectivity index (χ4n) is 1.38. The van der Waals surface area contributed by atoms with Gasteiger partial charge in [-0.15, -0.1) is 0 Å². The van der Waals surface area contributed by atoms with Crippen molar-refractivity contribution in [1.29, 1.82) is 0 Å². The van der Waals surface area contributed by atoms with E-state index in [0.29, 0.717) is 23.5 Å². The second kappa shape index (κ2) is 6.98. The zero-order valence-corrected chi connectivity index (χ0v) is 11.1. The molecule has 104 valence electrons. The number of carbonyl (C=O) groups excluding carboxylic acids is 1. The van der Waals surface area contributed by atoms with Crippen LogP contribution < -0.4 is 10.5 Å². The quantitative estimate of drug-likeness (QED) is 0.814. The molecule has 0 aliphatic heterocycles. The normalized spacial score (nSPS) is 10.3. The van der Waals surface area contributed by atoms with E-state index in [2.05, 4.69) is 4.74 Å². The van der Waals surface area contributed by atoms with Gasteiger partial charge in [0, 0.05) is 25.6 Å². The molecule has 1 aromatic carbocycles. The van der Waals surface area contributed by atoms with Gasteiger partial charge in [-0.2, -0.15) is 8.78 Å². The number of rotatable bonds is 6. The minimum atomic E-state index is -2.88. The van der Waals surface area contributed by atoms with Crippen molar-refractivity contribution in [2.45, 2.75) is 13.0 Å². The maximum atomic E-state index is 12.0. The van der Waals surface area contributed by atoms with Gasteiger partial charge in [-0.25, -0.2) is 0 Å². The van der Waals surface area contributed by atoms with Gasteiger partial charge in [0.15, 0.2) is 0 Å². The molecule has 0 saturated carbocycles. The first-order valence-corrected chi connectivity index (χ1v) is 5.89. The number of halogens is 2. The van der Waals surface area contributed by atoms with Gasteiger partial charge in [-0.1, -0.05) is 12.2 Å². The minimum Gasteiger partial charge on any atom is -0.435 e. The Labute approximate surface area is 115 Å². The summed E-state index contributed by atoms with van der Waals surface area (Å²) in [6, 6.07) is 5.50. The number of alkyl halides is 2. The summed E-state index contributed by atoms with van der Waals surface area (Å²) in [4.78, 5) is 13.7. The van der Waals surface area contributed by atoms with Crippen molar-refractivity contribution < 1.29 is 18.3 Å². The van der Waals surface area contributed by atoms with E-state index in [1.165, 1.54) is 29.2 Å². The van der Waals surface area contributed by atoms with Crippen LogP contribution in [0.2, 0.25) is 0 Å². The number of nitrogens with zero attached hydrogens (tertiary/aromatic N) is 1. The van der Waals surface area contributed by atoms with Crippen molar-refractivity contribution in [1.82, 2.24) is 4.90 Å². The minimum absolute atomic E-state index is 0.0114. The Bertz CT molecular complexity index is 452. The summed E-state index contributed by atoms with van der Waals surface area (Å²) in [5.74, 6) is -0.225. The van der Waals surface area contributed by atoms with Gasteiger partial charge in [-0.05, 0) is 24.3 Å². The summed E-state index contributed by atoms with van der Waals surface area (Å²) in [7, 11) is 1.62. The molecule has 0 heterocycles. The van der Waals surface area contributed by atoms with E-state index >= 15 is 0 Å². The number of benzene rings is 1. The van der Waals surface area contributed by atoms with Crippen molar-refractivity contribution in [2.75, 3.05) is 13.6 Å². The molecule has 1 rings (SSSR count). The summed E-state index contributed by atoms with van der Waals surface area (Å²) in [5, 5.41) is 0. The highest BCUT2D eigenvalue weighted by molar-refractivity contribution is 7.80.